The summed E-state index contributed by atoms with van der Waals surface area (Å²) >= 11 is 6.25. The minimum Gasteiger partial charge on any atom is -0.345 e. The van der Waals surface area contributed by atoms with Crippen LogP contribution in [0.1, 0.15) is 38.7 Å². The van der Waals surface area contributed by atoms with Crippen LogP contribution in [-0.2, 0) is 0 Å². The molecule has 0 aliphatic heterocycles. The van der Waals surface area contributed by atoms with Crippen LogP contribution in [0.5, 0.6) is 0 Å². The number of carbonyl (C=O) groups is 2. The van der Waals surface area contributed by atoms with Crippen molar-refractivity contribution in [2.75, 3.05) is 11.9 Å². The maximum Gasteiger partial charge on any atom is 0.262 e. The first-order valence-electron chi connectivity index (χ1n) is 10.5. The van der Waals surface area contributed by atoms with E-state index < -0.39 is 11.5 Å². The highest BCUT2D eigenvalue weighted by atomic mass is 35.5. The number of aromatic nitrogens is 3. The van der Waals surface area contributed by atoms with Crippen LogP contribution in [-0.4, -0.2) is 33.3 Å². The van der Waals surface area contributed by atoms with Gasteiger partial charge in [0, 0.05) is 17.1 Å². The third kappa shape index (κ3) is 6.02. The van der Waals surface area contributed by atoms with E-state index in [9.17, 15) is 14.4 Å². The summed E-state index contributed by atoms with van der Waals surface area (Å²) in [5.74, 6) is -1.04. The van der Waals surface area contributed by atoms with Crippen LogP contribution < -0.4 is 21.9 Å². The van der Waals surface area contributed by atoms with Gasteiger partial charge in [-0.25, -0.2) is 9.97 Å². The Labute approximate surface area is 211 Å². The SMILES string of the molecule is Cl.NCCC(NC(=O)c1ccc(Cl)c(NC(=O)c2cc3cncnc3[nH]c2=O)c1)c1ccccc1. The molecule has 4 aromatic rings. The van der Waals surface area contributed by atoms with E-state index in [2.05, 4.69) is 25.6 Å². The van der Waals surface area contributed by atoms with Crippen LogP contribution in [0.2, 0.25) is 5.02 Å². The Morgan fingerprint density at radius 3 is 2.60 bits per heavy atom. The zero-order valence-electron chi connectivity index (χ0n) is 18.3. The van der Waals surface area contributed by atoms with Gasteiger partial charge >= 0.3 is 0 Å². The molecule has 11 heteroatoms. The average molecular weight is 513 g/mol. The van der Waals surface area contributed by atoms with Gasteiger partial charge in [0.05, 0.1) is 16.8 Å². The summed E-state index contributed by atoms with van der Waals surface area (Å²) in [7, 11) is 0. The number of nitrogens with two attached hydrogens (primary N) is 1. The predicted octanol–water partition coefficient (Wildman–Crippen LogP) is 3.47. The number of amides is 2. The first-order chi connectivity index (χ1) is 16.5. The van der Waals surface area contributed by atoms with Gasteiger partial charge in [0.1, 0.15) is 17.5 Å². The molecule has 2 aromatic heterocycles. The van der Waals surface area contributed by atoms with E-state index in [4.69, 9.17) is 17.3 Å². The first-order valence-corrected chi connectivity index (χ1v) is 10.8. The molecule has 2 aromatic carbocycles. The second-order valence-corrected chi connectivity index (χ2v) is 7.91. The third-order valence-corrected chi connectivity index (χ3v) is 5.53. The number of hydrogen-bond donors (Lipinski definition) is 4. The molecule has 9 nitrogen and oxygen atoms in total. The number of pyridine rings is 1. The van der Waals surface area contributed by atoms with Crippen molar-refractivity contribution in [3.63, 3.8) is 0 Å². The molecule has 1 atom stereocenters. The molecule has 35 heavy (non-hydrogen) atoms. The molecule has 0 fully saturated rings. The average Bonchev–Trinajstić information content (AvgIpc) is 2.85. The number of anilines is 1. The van der Waals surface area contributed by atoms with Gasteiger partial charge in [0.2, 0.25) is 0 Å². The van der Waals surface area contributed by atoms with Crippen LogP contribution in [0.3, 0.4) is 0 Å². The molecule has 4 rings (SSSR count). The second-order valence-electron chi connectivity index (χ2n) is 7.50. The molecule has 2 amide bonds. The summed E-state index contributed by atoms with van der Waals surface area (Å²) in [6.45, 7) is 0.396. The van der Waals surface area contributed by atoms with Gasteiger partial charge in [-0.2, -0.15) is 0 Å². The summed E-state index contributed by atoms with van der Waals surface area (Å²) in [5.41, 5.74) is 6.72. The van der Waals surface area contributed by atoms with E-state index in [1.54, 1.807) is 6.07 Å². The number of rotatable bonds is 7. The van der Waals surface area contributed by atoms with Crippen LogP contribution in [0.25, 0.3) is 11.0 Å². The highest BCUT2D eigenvalue weighted by Gasteiger charge is 2.18. The molecule has 0 aliphatic rings. The van der Waals surface area contributed by atoms with Crippen molar-refractivity contribution >= 4 is 52.5 Å². The van der Waals surface area contributed by atoms with Gasteiger partial charge < -0.3 is 21.4 Å². The number of nitrogens with one attached hydrogen (secondary N) is 3. The fourth-order valence-electron chi connectivity index (χ4n) is 3.48. The minimum atomic E-state index is -0.684. The molecule has 1 unspecified atom stereocenters. The number of nitrogens with zero attached hydrogens (tertiary/aromatic N) is 2. The van der Waals surface area contributed by atoms with E-state index >= 15 is 0 Å². The van der Waals surface area contributed by atoms with Crippen LogP contribution in [0.4, 0.5) is 5.69 Å². The Kier molecular flexibility index (Phi) is 8.53. The van der Waals surface area contributed by atoms with Crippen LogP contribution >= 0.6 is 24.0 Å². The number of benzene rings is 2. The van der Waals surface area contributed by atoms with Gasteiger partial charge in [-0.3, -0.25) is 14.4 Å². The maximum absolute atomic E-state index is 12.9. The Hall–Kier alpha value is -3.79. The highest BCUT2D eigenvalue weighted by Crippen LogP contribution is 2.25. The summed E-state index contributed by atoms with van der Waals surface area (Å²) in [4.78, 5) is 48.5. The fraction of sp³-hybridized carbons (Fsp3) is 0.125. The van der Waals surface area contributed by atoms with E-state index in [1.165, 1.54) is 30.7 Å². The normalized spacial score (nSPS) is 11.4. The maximum atomic E-state index is 12.9. The van der Waals surface area contributed by atoms with E-state index in [-0.39, 0.29) is 40.6 Å². The standard InChI is InChI=1S/C24H21ClN6O3.ClH/c25-18-7-6-15(22(32)29-19(8-9-26)14-4-2-1-3-5-14)11-20(18)30-23(33)17-10-16-12-27-13-28-21(16)31-24(17)34;/h1-7,10-13,19H,8-9,26H2,(H,29,32)(H,30,33)(H,27,28,31,34);1H. The lowest BCUT2D eigenvalue weighted by molar-refractivity contribution is 0.0934. The highest BCUT2D eigenvalue weighted by molar-refractivity contribution is 6.34. The Balaban J connectivity index is 0.00000342. The zero-order chi connectivity index (χ0) is 24.1. The topological polar surface area (TPSA) is 143 Å². The molecule has 180 valence electrons. The first kappa shape index (κ1) is 25.8. The zero-order valence-corrected chi connectivity index (χ0v) is 19.9. The van der Waals surface area contributed by atoms with E-state index in [1.807, 2.05) is 30.3 Å². The van der Waals surface area contributed by atoms with Crippen molar-refractivity contribution in [2.24, 2.45) is 5.73 Å². The monoisotopic (exact) mass is 512 g/mol. The van der Waals surface area contributed by atoms with E-state index in [0.717, 1.165) is 5.56 Å². The molecule has 0 saturated heterocycles. The Morgan fingerprint density at radius 2 is 1.86 bits per heavy atom. The van der Waals surface area contributed by atoms with Crippen LogP contribution in [0, 0.1) is 0 Å². The summed E-state index contributed by atoms with van der Waals surface area (Å²) in [5, 5.41) is 6.29. The molecule has 0 saturated carbocycles. The van der Waals surface area contributed by atoms with Crippen molar-refractivity contribution in [3.8, 4) is 0 Å². The lowest BCUT2D eigenvalue weighted by Crippen LogP contribution is -2.30. The Morgan fingerprint density at radius 1 is 1.09 bits per heavy atom. The second kappa shape index (κ2) is 11.6. The molecular formula is C24H22Cl2N6O3. The molecule has 2 heterocycles. The molecule has 0 bridgehead atoms. The van der Waals surface area contributed by atoms with Crippen molar-refractivity contribution in [1.29, 1.82) is 0 Å². The van der Waals surface area contributed by atoms with Gasteiger partial charge in [-0.1, -0.05) is 41.9 Å². The number of carbonyl (C=O) groups excluding carboxylic acids is 2. The van der Waals surface area contributed by atoms with Gasteiger partial charge in [0.25, 0.3) is 17.4 Å². The predicted molar refractivity (Wildman–Crippen MR) is 137 cm³/mol. The van der Waals surface area contributed by atoms with Gasteiger partial charge in [-0.15, -0.1) is 12.4 Å². The van der Waals surface area contributed by atoms with Gasteiger partial charge in [0.15, 0.2) is 0 Å². The largest absolute Gasteiger partial charge is 0.345 e. The number of halogens is 2. The number of aromatic amines is 1. The van der Waals surface area contributed by atoms with Crippen LogP contribution in [0.15, 0.2) is 71.9 Å². The summed E-state index contributed by atoms with van der Waals surface area (Å²) < 4.78 is 0. The molecule has 0 radical (unpaired) electrons. The fourth-order valence-corrected chi connectivity index (χ4v) is 3.65. The smallest absolute Gasteiger partial charge is 0.262 e. The van der Waals surface area contributed by atoms with Crippen molar-refractivity contribution in [2.45, 2.75) is 12.5 Å². The molecule has 0 aliphatic carbocycles. The molecule has 5 N–H and O–H groups in total. The lowest BCUT2D eigenvalue weighted by Gasteiger charge is -2.19. The Bertz CT molecular complexity index is 1410. The molecular weight excluding hydrogens is 491 g/mol. The lowest BCUT2D eigenvalue weighted by atomic mass is 10.0. The summed E-state index contributed by atoms with van der Waals surface area (Å²) in [6, 6.07) is 15.1. The molecule has 0 spiro atoms. The number of hydrogen-bond acceptors (Lipinski definition) is 6. The minimum absolute atomic E-state index is 0. The van der Waals surface area contributed by atoms with Crippen molar-refractivity contribution < 1.29 is 9.59 Å². The third-order valence-electron chi connectivity index (χ3n) is 5.20. The van der Waals surface area contributed by atoms with E-state index in [0.29, 0.717) is 29.6 Å². The number of H-pyrrole nitrogens is 1. The van der Waals surface area contributed by atoms with Crippen molar-refractivity contribution in [1.82, 2.24) is 20.3 Å². The number of fused-ring (bicyclic) bond motifs is 1. The van der Waals surface area contributed by atoms with Crippen molar-refractivity contribution in [3.05, 3.63) is 99.2 Å². The van der Waals surface area contributed by atoms with Gasteiger partial charge in [-0.05, 0) is 42.8 Å². The summed E-state index contributed by atoms with van der Waals surface area (Å²) in [6.07, 6.45) is 3.34. The quantitative estimate of drug-likeness (QED) is 0.298.